The molecule has 1 aromatic rings. The van der Waals surface area contributed by atoms with Gasteiger partial charge in [0.15, 0.2) is 0 Å². The average molecular weight is 331 g/mol. The molecule has 1 aromatic carbocycles. The van der Waals surface area contributed by atoms with Gasteiger partial charge in [0.25, 0.3) is 0 Å². The lowest BCUT2D eigenvalue weighted by atomic mass is 10.1. The molecule has 1 fully saturated rings. The van der Waals surface area contributed by atoms with Crippen LogP contribution in [0.1, 0.15) is 17.5 Å². The van der Waals surface area contributed by atoms with Crippen LogP contribution in [0.15, 0.2) is 24.3 Å². The topological polar surface area (TPSA) is 66.8 Å². The molecule has 0 saturated carbocycles. The van der Waals surface area contributed by atoms with Crippen molar-refractivity contribution in [2.24, 2.45) is 0 Å². The highest BCUT2D eigenvalue weighted by atomic mass is 19.4. The molecule has 1 aliphatic heterocycles. The van der Waals surface area contributed by atoms with Crippen molar-refractivity contribution in [2.45, 2.75) is 25.1 Å². The van der Waals surface area contributed by atoms with E-state index >= 15 is 0 Å². The van der Waals surface area contributed by atoms with Crippen LogP contribution in [0.3, 0.4) is 0 Å². The fourth-order valence-electron chi connectivity index (χ4n) is 2.44. The molecule has 23 heavy (non-hydrogen) atoms. The second-order valence-electron chi connectivity index (χ2n) is 5.29. The van der Waals surface area contributed by atoms with Crippen LogP contribution in [-0.2, 0) is 26.9 Å². The minimum atomic E-state index is -4.42. The number of hydrogen-bond donors (Lipinski definition) is 1. The van der Waals surface area contributed by atoms with E-state index in [0.29, 0.717) is 12.2 Å². The summed E-state index contributed by atoms with van der Waals surface area (Å²) in [6, 6.07) is 3.82. The van der Waals surface area contributed by atoms with Gasteiger partial charge in [-0.1, -0.05) is 12.1 Å². The summed E-state index contributed by atoms with van der Waals surface area (Å²) in [5, 5.41) is 8.86. The van der Waals surface area contributed by atoms with Gasteiger partial charge in [-0.05, 0) is 17.7 Å². The van der Waals surface area contributed by atoms with Crippen LogP contribution < -0.4 is 0 Å². The third kappa shape index (κ3) is 4.69. The van der Waals surface area contributed by atoms with Crippen molar-refractivity contribution in [3.05, 3.63) is 35.4 Å². The van der Waals surface area contributed by atoms with E-state index < -0.39 is 23.8 Å². The number of hydrogen-bond acceptors (Lipinski definition) is 3. The van der Waals surface area contributed by atoms with Crippen LogP contribution in [0.5, 0.6) is 0 Å². The van der Waals surface area contributed by atoms with Gasteiger partial charge in [-0.3, -0.25) is 9.59 Å². The molecule has 5 nitrogen and oxygen atoms in total. The number of aliphatic carboxylic acids is 1. The highest BCUT2D eigenvalue weighted by Crippen LogP contribution is 2.29. The smallest absolute Gasteiger partial charge is 0.416 e. The summed E-state index contributed by atoms with van der Waals surface area (Å²) in [4.78, 5) is 24.5. The van der Waals surface area contributed by atoms with E-state index in [9.17, 15) is 22.8 Å². The molecule has 1 N–H and O–H groups in total. The van der Waals surface area contributed by atoms with Crippen LogP contribution >= 0.6 is 0 Å². The Morgan fingerprint density at radius 1 is 1.26 bits per heavy atom. The highest BCUT2D eigenvalue weighted by molar-refractivity contribution is 5.80. The Morgan fingerprint density at radius 3 is 2.48 bits per heavy atom. The van der Waals surface area contributed by atoms with E-state index in [0.717, 1.165) is 12.1 Å². The summed E-state index contributed by atoms with van der Waals surface area (Å²) < 4.78 is 42.7. The first kappa shape index (κ1) is 17.3. The first-order valence-corrected chi connectivity index (χ1v) is 7.02. The van der Waals surface area contributed by atoms with E-state index in [1.807, 2.05) is 0 Å². The number of carboxylic acid groups (broad SMARTS) is 1. The number of alkyl halides is 3. The van der Waals surface area contributed by atoms with Gasteiger partial charge in [0.1, 0.15) is 0 Å². The summed E-state index contributed by atoms with van der Waals surface area (Å²) in [7, 11) is 0. The second-order valence-corrected chi connectivity index (χ2v) is 5.29. The van der Waals surface area contributed by atoms with E-state index in [4.69, 9.17) is 9.84 Å². The van der Waals surface area contributed by atoms with Gasteiger partial charge >= 0.3 is 12.1 Å². The molecule has 1 aliphatic rings. The van der Waals surface area contributed by atoms with Crippen molar-refractivity contribution < 1.29 is 32.6 Å². The summed E-state index contributed by atoms with van der Waals surface area (Å²) in [6.07, 6.45) is -4.72. The summed E-state index contributed by atoms with van der Waals surface area (Å²) >= 11 is 0. The molecular weight excluding hydrogens is 315 g/mol. The minimum absolute atomic E-state index is 0.0751. The Bertz CT molecular complexity index is 571. The maximum atomic E-state index is 12.5. The lowest BCUT2D eigenvalue weighted by Gasteiger charge is -2.35. The standard InChI is InChI=1S/C15H16F3NO4/c16-15(17,18)11-3-1-10(2-4-11)7-13(20)19-5-6-23-9-12(19)8-14(21)22/h1-4,12H,5-9H2,(H,21,22)/t12-/m1/s1. The van der Waals surface area contributed by atoms with Gasteiger partial charge in [-0.2, -0.15) is 13.2 Å². The number of carbonyl (C=O) groups is 2. The molecule has 0 unspecified atom stereocenters. The number of ether oxygens (including phenoxy) is 1. The number of morpholine rings is 1. The molecule has 0 bridgehead atoms. The third-order valence-electron chi connectivity index (χ3n) is 3.59. The number of carbonyl (C=O) groups excluding carboxylic acids is 1. The number of halogens is 3. The molecule has 1 amide bonds. The highest BCUT2D eigenvalue weighted by Gasteiger charge is 2.31. The summed E-state index contributed by atoms with van der Waals surface area (Å²) in [5.41, 5.74) is -0.326. The molecule has 0 radical (unpaired) electrons. The van der Waals surface area contributed by atoms with Crippen LogP contribution in [-0.4, -0.2) is 47.7 Å². The van der Waals surface area contributed by atoms with E-state index in [1.54, 1.807) is 0 Å². The molecule has 0 aromatic heterocycles. The monoisotopic (exact) mass is 331 g/mol. The second kappa shape index (κ2) is 6.99. The number of rotatable bonds is 4. The molecule has 1 saturated heterocycles. The first-order valence-electron chi connectivity index (χ1n) is 7.02. The van der Waals surface area contributed by atoms with Gasteiger partial charge in [-0.25, -0.2) is 0 Å². The fourth-order valence-corrected chi connectivity index (χ4v) is 2.44. The predicted molar refractivity (Wildman–Crippen MR) is 73.7 cm³/mol. The zero-order valence-electron chi connectivity index (χ0n) is 12.2. The molecule has 0 spiro atoms. The zero-order chi connectivity index (χ0) is 17.0. The van der Waals surface area contributed by atoms with Crippen molar-refractivity contribution >= 4 is 11.9 Å². The Balaban J connectivity index is 2.03. The fraction of sp³-hybridized carbons (Fsp3) is 0.467. The lowest BCUT2D eigenvalue weighted by molar-refractivity contribution is -0.146. The van der Waals surface area contributed by atoms with E-state index in [1.165, 1.54) is 17.0 Å². The summed E-state index contributed by atoms with van der Waals surface area (Å²) in [5.74, 6) is -1.35. The van der Waals surface area contributed by atoms with Gasteiger partial charge < -0.3 is 14.7 Å². The third-order valence-corrected chi connectivity index (χ3v) is 3.59. The Hall–Kier alpha value is -2.09. The molecule has 1 atom stereocenters. The Labute approximate surface area is 130 Å². The molecular formula is C15H16F3NO4. The molecule has 1 heterocycles. The SMILES string of the molecule is O=C(O)C[C@@H]1COCCN1C(=O)Cc1ccc(C(F)(F)F)cc1. The van der Waals surface area contributed by atoms with Crippen molar-refractivity contribution in [3.63, 3.8) is 0 Å². The lowest BCUT2D eigenvalue weighted by Crippen LogP contribution is -2.50. The molecule has 126 valence electrons. The number of nitrogens with zero attached hydrogens (tertiary/aromatic N) is 1. The number of benzene rings is 1. The normalized spacial score (nSPS) is 18.7. The molecule has 0 aliphatic carbocycles. The van der Waals surface area contributed by atoms with Crippen molar-refractivity contribution in [1.29, 1.82) is 0 Å². The largest absolute Gasteiger partial charge is 0.481 e. The average Bonchev–Trinajstić information content (AvgIpc) is 2.46. The van der Waals surface area contributed by atoms with Gasteiger partial charge in [0.2, 0.25) is 5.91 Å². The summed E-state index contributed by atoms with van der Waals surface area (Å²) in [6.45, 7) is 0.733. The number of carboxylic acids is 1. The van der Waals surface area contributed by atoms with Gasteiger partial charge in [-0.15, -0.1) is 0 Å². The van der Waals surface area contributed by atoms with E-state index in [2.05, 4.69) is 0 Å². The van der Waals surface area contributed by atoms with Gasteiger partial charge in [0.05, 0.1) is 37.7 Å². The first-order chi connectivity index (χ1) is 10.8. The molecule has 8 heteroatoms. The van der Waals surface area contributed by atoms with Crippen LogP contribution in [0.25, 0.3) is 0 Å². The van der Waals surface area contributed by atoms with Gasteiger partial charge in [0, 0.05) is 6.54 Å². The maximum Gasteiger partial charge on any atom is 0.416 e. The maximum absolute atomic E-state index is 12.5. The Morgan fingerprint density at radius 2 is 1.91 bits per heavy atom. The van der Waals surface area contributed by atoms with Crippen LogP contribution in [0, 0.1) is 0 Å². The minimum Gasteiger partial charge on any atom is -0.481 e. The molecule has 2 rings (SSSR count). The quantitative estimate of drug-likeness (QED) is 0.916. The van der Waals surface area contributed by atoms with E-state index in [-0.39, 0.29) is 31.9 Å². The predicted octanol–water partition coefficient (Wildman–Crippen LogP) is 1.95. The zero-order valence-corrected chi connectivity index (χ0v) is 12.2. The Kier molecular flexibility index (Phi) is 5.25. The van der Waals surface area contributed by atoms with Crippen molar-refractivity contribution in [1.82, 2.24) is 4.90 Å². The number of amides is 1. The van der Waals surface area contributed by atoms with Crippen molar-refractivity contribution in [3.8, 4) is 0 Å². The van der Waals surface area contributed by atoms with Crippen LogP contribution in [0.4, 0.5) is 13.2 Å². The van der Waals surface area contributed by atoms with Crippen molar-refractivity contribution in [2.75, 3.05) is 19.8 Å². The van der Waals surface area contributed by atoms with Crippen LogP contribution in [0.2, 0.25) is 0 Å².